The van der Waals surface area contributed by atoms with E-state index in [1.807, 2.05) is 6.07 Å². The van der Waals surface area contributed by atoms with Crippen molar-refractivity contribution in [3.63, 3.8) is 0 Å². The van der Waals surface area contributed by atoms with Gasteiger partial charge in [-0.15, -0.1) is 0 Å². The second kappa shape index (κ2) is 12.5. The van der Waals surface area contributed by atoms with E-state index in [0.29, 0.717) is 23.4 Å². The highest BCUT2D eigenvalue weighted by atomic mass is 35.5. The third-order valence-electron chi connectivity index (χ3n) is 7.72. The molecule has 1 N–H and O–H groups in total. The lowest BCUT2D eigenvalue weighted by Gasteiger charge is -2.40. The van der Waals surface area contributed by atoms with Crippen molar-refractivity contribution in [3.05, 3.63) is 58.6 Å². The molecule has 0 saturated carbocycles. The second-order valence-corrected chi connectivity index (χ2v) is 11.0. The van der Waals surface area contributed by atoms with Crippen LogP contribution in [0.25, 0.3) is 0 Å². The van der Waals surface area contributed by atoms with E-state index in [1.54, 1.807) is 26.2 Å². The Bertz CT molecular complexity index is 1240. The van der Waals surface area contributed by atoms with Crippen LogP contribution in [0.3, 0.4) is 0 Å². The molecule has 224 valence electrons. The van der Waals surface area contributed by atoms with Crippen LogP contribution in [0.4, 0.5) is 18.9 Å². The highest BCUT2D eigenvalue weighted by molar-refractivity contribution is 6.34. The molecule has 2 aliphatic heterocycles. The van der Waals surface area contributed by atoms with Gasteiger partial charge >= 0.3 is 6.18 Å². The maximum Gasteiger partial charge on any atom is 0.430 e. The fraction of sp³-hybridized carbons (Fsp3) is 0.517. The molecule has 4 rings (SSSR count). The van der Waals surface area contributed by atoms with Crippen LogP contribution in [0, 0.1) is 0 Å². The first-order chi connectivity index (χ1) is 19.3. The highest BCUT2D eigenvalue weighted by Crippen LogP contribution is 2.42. The lowest BCUT2D eigenvalue weighted by atomic mass is 9.90. The standard InChI is InChI=1S/C29H35ClF3N3O5/c1-34(2)26(37)24-8-7-20(18-25(24)30)35-13-9-21(10-14-35)41-22-11-15-36(16-12-22)27(38)28(39,29(31,32)33)19-5-4-6-23(17-19)40-3/h4-8,17-18,21-22,39H,9-16H2,1-3H3. The third-order valence-corrected chi connectivity index (χ3v) is 8.03. The van der Waals surface area contributed by atoms with Gasteiger partial charge in [0.25, 0.3) is 17.4 Å². The predicted octanol–water partition coefficient (Wildman–Crippen LogP) is 4.48. The van der Waals surface area contributed by atoms with Gasteiger partial charge < -0.3 is 29.3 Å². The van der Waals surface area contributed by atoms with Crippen molar-refractivity contribution in [2.24, 2.45) is 0 Å². The first-order valence-electron chi connectivity index (χ1n) is 13.5. The SMILES string of the molecule is COc1cccc(C(O)(C(=O)N2CCC(OC3CCN(c4ccc(C(=O)N(C)C)c(Cl)c4)CC3)CC2)C(F)(F)F)c1. The summed E-state index contributed by atoms with van der Waals surface area (Å²) in [5.74, 6) is -1.46. The molecule has 1 atom stereocenters. The second-order valence-electron chi connectivity index (χ2n) is 10.6. The Morgan fingerprint density at radius 3 is 2.12 bits per heavy atom. The van der Waals surface area contributed by atoms with E-state index in [9.17, 15) is 27.9 Å². The zero-order valence-electron chi connectivity index (χ0n) is 23.3. The van der Waals surface area contributed by atoms with Crippen LogP contribution in [0.1, 0.15) is 41.6 Å². The van der Waals surface area contributed by atoms with Crippen molar-refractivity contribution >= 4 is 29.1 Å². The highest BCUT2D eigenvalue weighted by Gasteiger charge is 2.62. The number of carbonyl (C=O) groups is 2. The summed E-state index contributed by atoms with van der Waals surface area (Å²) in [6, 6.07) is 10.2. The van der Waals surface area contributed by atoms with E-state index < -0.39 is 23.2 Å². The molecule has 2 heterocycles. The number of rotatable bonds is 7. The van der Waals surface area contributed by atoms with Crippen molar-refractivity contribution in [1.29, 1.82) is 0 Å². The average Bonchev–Trinajstić information content (AvgIpc) is 2.96. The number of methoxy groups -OCH3 is 1. The molecular formula is C29H35ClF3N3O5. The molecule has 0 radical (unpaired) electrons. The van der Waals surface area contributed by atoms with Gasteiger partial charge in [-0.2, -0.15) is 13.2 Å². The van der Waals surface area contributed by atoms with Gasteiger partial charge in [-0.05, 0) is 56.0 Å². The Hall–Kier alpha value is -3.02. The Balaban J connectivity index is 1.31. The Morgan fingerprint density at radius 2 is 1.59 bits per heavy atom. The van der Waals surface area contributed by atoms with Crippen molar-refractivity contribution in [3.8, 4) is 5.75 Å². The van der Waals surface area contributed by atoms with Gasteiger partial charge in [0.1, 0.15) is 5.75 Å². The average molecular weight is 598 g/mol. The van der Waals surface area contributed by atoms with Crippen LogP contribution in [0.5, 0.6) is 5.75 Å². The van der Waals surface area contributed by atoms with E-state index in [1.165, 1.54) is 24.1 Å². The van der Waals surface area contributed by atoms with Gasteiger partial charge in [-0.1, -0.05) is 23.7 Å². The molecule has 0 spiro atoms. The van der Waals surface area contributed by atoms with Gasteiger partial charge in [0.2, 0.25) is 0 Å². The van der Waals surface area contributed by atoms with Gasteiger partial charge in [-0.3, -0.25) is 9.59 Å². The molecule has 2 amide bonds. The number of hydrogen-bond donors (Lipinski definition) is 1. The zero-order chi connectivity index (χ0) is 29.9. The lowest BCUT2D eigenvalue weighted by molar-refractivity contribution is -0.262. The summed E-state index contributed by atoms with van der Waals surface area (Å²) in [6.45, 7) is 1.53. The molecule has 2 aliphatic rings. The summed E-state index contributed by atoms with van der Waals surface area (Å²) in [6.07, 6.45) is -3.20. The van der Waals surface area contributed by atoms with E-state index >= 15 is 0 Å². The first-order valence-corrected chi connectivity index (χ1v) is 13.9. The third kappa shape index (κ3) is 6.57. The Morgan fingerprint density at radius 1 is 0.976 bits per heavy atom. The molecule has 2 aromatic rings. The monoisotopic (exact) mass is 597 g/mol. The summed E-state index contributed by atoms with van der Waals surface area (Å²) in [5.41, 5.74) is -2.90. The van der Waals surface area contributed by atoms with Crippen LogP contribution < -0.4 is 9.64 Å². The van der Waals surface area contributed by atoms with E-state index in [-0.39, 0.29) is 37.0 Å². The molecular weight excluding hydrogens is 563 g/mol. The van der Waals surface area contributed by atoms with Crippen molar-refractivity contribution in [1.82, 2.24) is 9.80 Å². The minimum Gasteiger partial charge on any atom is -0.497 e. The number of ether oxygens (including phenoxy) is 2. The molecule has 2 saturated heterocycles. The van der Waals surface area contributed by atoms with Gasteiger partial charge in [-0.25, -0.2) is 0 Å². The Kier molecular flexibility index (Phi) is 9.40. The largest absolute Gasteiger partial charge is 0.497 e. The van der Waals surface area contributed by atoms with Crippen LogP contribution in [-0.4, -0.2) is 92.5 Å². The molecule has 0 aliphatic carbocycles. The number of alkyl halides is 3. The van der Waals surface area contributed by atoms with Crippen molar-refractivity contribution in [2.75, 3.05) is 52.3 Å². The van der Waals surface area contributed by atoms with Gasteiger partial charge in [0.05, 0.1) is 29.9 Å². The number of nitrogens with zero attached hydrogens (tertiary/aromatic N) is 3. The van der Waals surface area contributed by atoms with Gasteiger partial charge in [0, 0.05) is 51.5 Å². The molecule has 8 nitrogen and oxygen atoms in total. The fourth-order valence-corrected chi connectivity index (χ4v) is 5.57. The zero-order valence-corrected chi connectivity index (χ0v) is 24.0. The van der Waals surface area contributed by atoms with Crippen LogP contribution >= 0.6 is 11.6 Å². The predicted molar refractivity (Wildman–Crippen MR) is 148 cm³/mol. The number of halogens is 4. The molecule has 41 heavy (non-hydrogen) atoms. The number of aliphatic hydroxyl groups is 1. The first kappa shape index (κ1) is 30.9. The molecule has 12 heteroatoms. The number of piperidine rings is 2. The number of likely N-dealkylation sites (tertiary alicyclic amines) is 1. The molecule has 0 bridgehead atoms. The van der Waals surface area contributed by atoms with E-state index in [4.69, 9.17) is 21.1 Å². The summed E-state index contributed by atoms with van der Waals surface area (Å²) >= 11 is 6.37. The van der Waals surface area contributed by atoms with E-state index in [2.05, 4.69) is 4.90 Å². The fourth-order valence-electron chi connectivity index (χ4n) is 5.32. The maximum atomic E-state index is 14.1. The summed E-state index contributed by atoms with van der Waals surface area (Å²) in [7, 11) is 4.64. The number of benzene rings is 2. The minimum absolute atomic E-state index is 0.0209. The van der Waals surface area contributed by atoms with Crippen molar-refractivity contribution < 1.29 is 37.3 Å². The van der Waals surface area contributed by atoms with Gasteiger partial charge in [0.15, 0.2) is 0 Å². The topological polar surface area (TPSA) is 82.5 Å². The molecule has 0 aromatic heterocycles. The van der Waals surface area contributed by atoms with Crippen molar-refractivity contribution in [2.45, 2.75) is 49.7 Å². The lowest BCUT2D eigenvalue weighted by Crippen LogP contribution is -2.57. The van der Waals surface area contributed by atoms with Crippen LogP contribution in [0.2, 0.25) is 5.02 Å². The van der Waals surface area contributed by atoms with Crippen LogP contribution in [-0.2, 0) is 15.1 Å². The number of amides is 2. The van der Waals surface area contributed by atoms with E-state index in [0.717, 1.165) is 48.7 Å². The number of hydrogen-bond acceptors (Lipinski definition) is 6. The minimum atomic E-state index is -5.22. The summed E-state index contributed by atoms with van der Waals surface area (Å²) in [5, 5.41) is 11.1. The number of anilines is 1. The molecule has 2 aromatic carbocycles. The maximum absolute atomic E-state index is 14.1. The smallest absolute Gasteiger partial charge is 0.430 e. The summed E-state index contributed by atoms with van der Waals surface area (Å²) in [4.78, 5) is 30.0. The normalized spacial score (nSPS) is 18.6. The van der Waals surface area contributed by atoms with Crippen LogP contribution in [0.15, 0.2) is 42.5 Å². The molecule has 1 unspecified atom stereocenters. The molecule has 2 fully saturated rings. The quantitative estimate of drug-likeness (QED) is 0.507. The Labute approximate surface area is 242 Å². The summed E-state index contributed by atoms with van der Waals surface area (Å²) < 4.78 is 53.5. The number of carbonyl (C=O) groups excluding carboxylic acids is 2.